The molecule has 0 aliphatic heterocycles. The lowest BCUT2D eigenvalue weighted by Crippen LogP contribution is -2.30. The van der Waals surface area contributed by atoms with E-state index in [0.29, 0.717) is 12.3 Å². The smallest absolute Gasteiger partial charge is 0.163 e. The first kappa shape index (κ1) is 16.1. The van der Waals surface area contributed by atoms with Crippen LogP contribution < -0.4 is 5.73 Å². The lowest BCUT2D eigenvalue weighted by Gasteiger charge is -2.24. The largest absolute Gasteiger partial charge is 0.324 e. The van der Waals surface area contributed by atoms with E-state index < -0.39 is 17.7 Å². The second-order valence-electron chi connectivity index (χ2n) is 5.33. The molecule has 0 radical (unpaired) electrons. The normalized spacial score (nSPS) is 13.3. The predicted octanol–water partition coefficient (Wildman–Crippen LogP) is 3.33. The van der Waals surface area contributed by atoms with Crippen molar-refractivity contribution >= 4 is 0 Å². The monoisotopic (exact) mass is 270 g/mol. The van der Waals surface area contributed by atoms with Crippen LogP contribution in [0.5, 0.6) is 0 Å². The first-order valence-corrected chi connectivity index (χ1v) is 6.87. The summed E-state index contributed by atoms with van der Waals surface area (Å²) in [5.74, 6) is -1.06. The van der Waals surface area contributed by atoms with E-state index in [0.717, 1.165) is 25.7 Å². The summed E-state index contributed by atoms with van der Waals surface area (Å²) in [6, 6.07) is 3.71. The van der Waals surface area contributed by atoms with Crippen LogP contribution >= 0.6 is 0 Å². The van der Waals surface area contributed by atoms with Crippen LogP contribution in [0.2, 0.25) is 0 Å². The van der Waals surface area contributed by atoms with Gasteiger partial charge < -0.3 is 10.6 Å². The quantitative estimate of drug-likeness (QED) is 0.823. The summed E-state index contributed by atoms with van der Waals surface area (Å²) in [5.41, 5.74) is 6.23. The Morgan fingerprint density at radius 1 is 1.26 bits per heavy atom. The van der Waals surface area contributed by atoms with Crippen LogP contribution in [0.1, 0.15) is 38.8 Å². The molecule has 1 unspecified atom stereocenters. The molecule has 2 nitrogen and oxygen atoms in total. The lowest BCUT2D eigenvalue weighted by molar-refractivity contribution is 0.246. The maximum absolute atomic E-state index is 13.6. The van der Waals surface area contributed by atoms with Gasteiger partial charge in [-0.15, -0.1) is 0 Å². The first-order valence-electron chi connectivity index (χ1n) is 6.87. The number of hydrogen-bond acceptors (Lipinski definition) is 2. The first-order chi connectivity index (χ1) is 8.95. The van der Waals surface area contributed by atoms with Gasteiger partial charge in [0.2, 0.25) is 0 Å². The Kier molecular flexibility index (Phi) is 6.38. The maximum Gasteiger partial charge on any atom is 0.163 e. The number of nitrogens with two attached hydrogens (primary N) is 1. The molecular formula is C15H24F2N2. The molecule has 1 aromatic carbocycles. The highest BCUT2D eigenvalue weighted by molar-refractivity contribution is 5.22. The number of halogens is 2. The Balaban J connectivity index is 2.59. The van der Waals surface area contributed by atoms with Crippen LogP contribution in [-0.2, 0) is 0 Å². The minimum atomic E-state index is -0.831. The fourth-order valence-electron chi connectivity index (χ4n) is 2.18. The third kappa shape index (κ3) is 4.88. The summed E-state index contributed by atoms with van der Waals surface area (Å²) in [6.07, 6.45) is 0.626. The second-order valence-corrected chi connectivity index (χ2v) is 5.33. The zero-order chi connectivity index (χ0) is 14.4. The predicted molar refractivity (Wildman–Crippen MR) is 74.9 cm³/mol. The van der Waals surface area contributed by atoms with Gasteiger partial charge in [-0.3, -0.25) is 0 Å². The van der Waals surface area contributed by atoms with Gasteiger partial charge >= 0.3 is 0 Å². The molecule has 19 heavy (non-hydrogen) atoms. The van der Waals surface area contributed by atoms with Gasteiger partial charge in [-0.2, -0.15) is 0 Å². The summed E-state index contributed by atoms with van der Waals surface area (Å²) < 4.78 is 26.7. The number of nitrogens with zero attached hydrogens (tertiary/aromatic N) is 1. The van der Waals surface area contributed by atoms with Crippen LogP contribution in [0.25, 0.3) is 0 Å². The lowest BCUT2D eigenvalue weighted by atomic mass is 10.0. The molecule has 0 aromatic heterocycles. The van der Waals surface area contributed by atoms with E-state index in [1.54, 1.807) is 6.07 Å². The third-order valence-electron chi connectivity index (χ3n) is 3.21. The molecule has 1 rings (SSSR count). The topological polar surface area (TPSA) is 29.3 Å². The molecule has 0 amide bonds. The molecule has 0 heterocycles. The fourth-order valence-corrected chi connectivity index (χ4v) is 2.18. The van der Waals surface area contributed by atoms with Crippen molar-refractivity contribution in [3.63, 3.8) is 0 Å². The maximum atomic E-state index is 13.6. The van der Waals surface area contributed by atoms with E-state index in [2.05, 4.69) is 25.7 Å². The molecule has 4 heteroatoms. The highest BCUT2D eigenvalue weighted by atomic mass is 19.2. The van der Waals surface area contributed by atoms with Crippen molar-refractivity contribution in [1.82, 2.24) is 4.90 Å². The Hall–Kier alpha value is -1.00. The van der Waals surface area contributed by atoms with Crippen molar-refractivity contribution in [2.75, 3.05) is 19.6 Å². The molecule has 2 N–H and O–H groups in total. The summed E-state index contributed by atoms with van der Waals surface area (Å²) >= 11 is 0. The molecule has 0 saturated heterocycles. The Morgan fingerprint density at radius 3 is 2.53 bits per heavy atom. The molecule has 0 aliphatic carbocycles. The Labute approximate surface area is 114 Å². The zero-order valence-corrected chi connectivity index (χ0v) is 12.0. The number of hydrogen-bond donors (Lipinski definition) is 1. The van der Waals surface area contributed by atoms with E-state index in [9.17, 15) is 8.78 Å². The van der Waals surface area contributed by atoms with Crippen molar-refractivity contribution in [2.24, 2.45) is 11.7 Å². The molecule has 0 saturated carbocycles. The third-order valence-corrected chi connectivity index (χ3v) is 3.21. The van der Waals surface area contributed by atoms with Gasteiger partial charge in [0.25, 0.3) is 0 Å². The van der Waals surface area contributed by atoms with Crippen molar-refractivity contribution < 1.29 is 8.78 Å². The number of benzene rings is 1. The van der Waals surface area contributed by atoms with E-state index in [1.165, 1.54) is 6.07 Å². The van der Waals surface area contributed by atoms with Crippen molar-refractivity contribution in [2.45, 2.75) is 33.2 Å². The molecule has 108 valence electrons. The average Bonchev–Trinajstić information content (AvgIpc) is 2.37. The number of rotatable bonds is 7. The van der Waals surface area contributed by atoms with Crippen LogP contribution in [0.4, 0.5) is 8.78 Å². The van der Waals surface area contributed by atoms with E-state index in [4.69, 9.17) is 5.73 Å². The van der Waals surface area contributed by atoms with Crippen LogP contribution in [-0.4, -0.2) is 24.5 Å². The van der Waals surface area contributed by atoms with Crippen molar-refractivity contribution in [3.8, 4) is 0 Å². The molecule has 1 aromatic rings. The molecule has 0 aliphatic rings. The van der Waals surface area contributed by atoms with Gasteiger partial charge in [-0.25, -0.2) is 8.78 Å². The summed E-state index contributed by atoms with van der Waals surface area (Å²) in [6.45, 7) is 9.15. The Morgan fingerprint density at radius 2 is 1.95 bits per heavy atom. The van der Waals surface area contributed by atoms with E-state index >= 15 is 0 Å². The fraction of sp³-hybridized carbons (Fsp3) is 0.600. The average molecular weight is 270 g/mol. The van der Waals surface area contributed by atoms with E-state index in [1.807, 2.05) is 0 Å². The zero-order valence-electron chi connectivity index (χ0n) is 12.0. The van der Waals surface area contributed by atoms with Gasteiger partial charge in [0.1, 0.15) is 0 Å². The van der Waals surface area contributed by atoms with E-state index in [-0.39, 0.29) is 5.56 Å². The van der Waals surface area contributed by atoms with Crippen molar-refractivity contribution in [1.29, 1.82) is 0 Å². The highest BCUT2D eigenvalue weighted by Crippen LogP contribution is 2.20. The van der Waals surface area contributed by atoms with Gasteiger partial charge in [0.15, 0.2) is 11.6 Å². The summed E-state index contributed by atoms with van der Waals surface area (Å²) in [7, 11) is 0. The minimum absolute atomic E-state index is 0.264. The minimum Gasteiger partial charge on any atom is -0.324 e. The molecule has 1 atom stereocenters. The highest BCUT2D eigenvalue weighted by Gasteiger charge is 2.15. The van der Waals surface area contributed by atoms with Crippen LogP contribution in [0.3, 0.4) is 0 Å². The van der Waals surface area contributed by atoms with Gasteiger partial charge in [0, 0.05) is 18.2 Å². The summed E-state index contributed by atoms with van der Waals surface area (Å²) in [4.78, 5) is 2.28. The molecule has 0 fully saturated rings. The standard InChI is InChI=1S/C15H24F2N2/c1-4-19(10-11(2)3)9-8-14(18)12-6-5-7-13(16)15(12)17/h5-7,11,14H,4,8-10,18H2,1-3H3. The van der Waals surface area contributed by atoms with Gasteiger partial charge in [-0.1, -0.05) is 32.9 Å². The Bertz CT molecular complexity index is 394. The summed E-state index contributed by atoms with van der Waals surface area (Å²) in [5, 5.41) is 0. The van der Waals surface area contributed by atoms with Gasteiger partial charge in [0.05, 0.1) is 0 Å². The van der Waals surface area contributed by atoms with Crippen LogP contribution in [0, 0.1) is 17.6 Å². The van der Waals surface area contributed by atoms with Crippen molar-refractivity contribution in [3.05, 3.63) is 35.4 Å². The van der Waals surface area contributed by atoms with Gasteiger partial charge in [-0.05, 0) is 31.5 Å². The molecular weight excluding hydrogens is 246 g/mol. The van der Waals surface area contributed by atoms with Crippen LogP contribution in [0.15, 0.2) is 18.2 Å². The second kappa shape index (κ2) is 7.56. The molecule has 0 spiro atoms. The molecule has 0 bridgehead atoms. The SMILES string of the molecule is CCN(CCC(N)c1cccc(F)c1F)CC(C)C.